The van der Waals surface area contributed by atoms with Crippen molar-refractivity contribution in [2.24, 2.45) is 5.73 Å². The molecule has 0 aromatic heterocycles. The Balaban J connectivity index is 1.96. The van der Waals surface area contributed by atoms with Crippen molar-refractivity contribution in [1.29, 1.82) is 0 Å². The number of halogens is 1. The number of carbonyl (C=O) groups excluding carboxylic acids is 1. The standard InChI is InChI=1S/C11H13ClN2O/c12-8-3-1-2-7(4-8)11(15)14-10-5-9(13)6-10/h1-4,9-10H,5-6,13H2,(H,14,15). The van der Waals surface area contributed by atoms with Gasteiger partial charge in [-0.2, -0.15) is 0 Å². The van der Waals surface area contributed by atoms with E-state index >= 15 is 0 Å². The van der Waals surface area contributed by atoms with Crippen LogP contribution in [0, 0.1) is 0 Å². The molecule has 1 saturated carbocycles. The highest BCUT2D eigenvalue weighted by atomic mass is 35.5. The van der Waals surface area contributed by atoms with Gasteiger partial charge in [0.05, 0.1) is 0 Å². The number of benzene rings is 1. The molecule has 3 nitrogen and oxygen atoms in total. The summed E-state index contributed by atoms with van der Waals surface area (Å²) in [6.45, 7) is 0. The van der Waals surface area contributed by atoms with Crippen molar-refractivity contribution in [2.45, 2.75) is 24.9 Å². The van der Waals surface area contributed by atoms with Gasteiger partial charge in [0.15, 0.2) is 0 Å². The summed E-state index contributed by atoms with van der Waals surface area (Å²) in [5.41, 5.74) is 6.23. The highest BCUT2D eigenvalue weighted by Gasteiger charge is 2.27. The number of rotatable bonds is 2. The molecule has 15 heavy (non-hydrogen) atoms. The van der Waals surface area contributed by atoms with Crippen LogP contribution in [0.3, 0.4) is 0 Å². The Morgan fingerprint density at radius 3 is 2.80 bits per heavy atom. The molecule has 0 unspecified atom stereocenters. The summed E-state index contributed by atoms with van der Waals surface area (Å²) in [6.07, 6.45) is 1.73. The summed E-state index contributed by atoms with van der Waals surface area (Å²) in [7, 11) is 0. The van der Waals surface area contributed by atoms with Crippen LogP contribution in [-0.2, 0) is 0 Å². The summed E-state index contributed by atoms with van der Waals surface area (Å²) in [5.74, 6) is -0.0746. The van der Waals surface area contributed by atoms with E-state index in [2.05, 4.69) is 5.32 Å². The van der Waals surface area contributed by atoms with Crippen molar-refractivity contribution < 1.29 is 4.79 Å². The van der Waals surface area contributed by atoms with Crippen LogP contribution in [0.25, 0.3) is 0 Å². The Bertz CT molecular complexity index is 375. The van der Waals surface area contributed by atoms with Crippen LogP contribution in [0.1, 0.15) is 23.2 Å². The maximum absolute atomic E-state index is 11.7. The van der Waals surface area contributed by atoms with E-state index in [1.807, 2.05) is 0 Å². The van der Waals surface area contributed by atoms with E-state index in [1.165, 1.54) is 0 Å². The predicted octanol–water partition coefficient (Wildman–Crippen LogP) is 1.56. The molecule has 1 aromatic rings. The van der Waals surface area contributed by atoms with E-state index in [9.17, 15) is 4.79 Å². The number of amides is 1. The molecule has 0 saturated heterocycles. The second-order valence-electron chi connectivity index (χ2n) is 3.91. The SMILES string of the molecule is NC1CC(NC(=O)c2cccc(Cl)c2)C1. The van der Waals surface area contributed by atoms with Crippen LogP contribution in [0.4, 0.5) is 0 Å². The molecule has 0 atom stereocenters. The van der Waals surface area contributed by atoms with E-state index in [4.69, 9.17) is 17.3 Å². The van der Waals surface area contributed by atoms with Gasteiger partial charge < -0.3 is 11.1 Å². The first-order valence-corrected chi connectivity index (χ1v) is 5.35. The molecule has 3 N–H and O–H groups in total. The lowest BCUT2D eigenvalue weighted by molar-refractivity contribution is 0.0910. The average molecular weight is 225 g/mol. The van der Waals surface area contributed by atoms with Crippen LogP contribution < -0.4 is 11.1 Å². The summed E-state index contributed by atoms with van der Waals surface area (Å²) >= 11 is 5.80. The first-order valence-electron chi connectivity index (χ1n) is 4.97. The van der Waals surface area contributed by atoms with Crippen LogP contribution in [0.2, 0.25) is 5.02 Å². The fraction of sp³-hybridized carbons (Fsp3) is 0.364. The summed E-state index contributed by atoms with van der Waals surface area (Å²) in [4.78, 5) is 11.7. The Morgan fingerprint density at radius 1 is 1.47 bits per heavy atom. The largest absolute Gasteiger partial charge is 0.349 e. The van der Waals surface area contributed by atoms with Gasteiger partial charge in [0, 0.05) is 22.7 Å². The number of hydrogen-bond acceptors (Lipinski definition) is 2. The Labute approximate surface area is 93.6 Å². The molecule has 0 bridgehead atoms. The third-order valence-electron chi connectivity index (χ3n) is 2.60. The molecule has 1 aliphatic rings. The summed E-state index contributed by atoms with van der Waals surface area (Å²) in [6, 6.07) is 7.40. The van der Waals surface area contributed by atoms with E-state index in [-0.39, 0.29) is 18.0 Å². The molecular formula is C11H13ClN2O. The van der Waals surface area contributed by atoms with Crippen molar-refractivity contribution in [2.75, 3.05) is 0 Å². The van der Waals surface area contributed by atoms with Gasteiger partial charge in [0.1, 0.15) is 0 Å². The first-order chi connectivity index (χ1) is 7.15. The van der Waals surface area contributed by atoms with Crippen LogP contribution in [0.15, 0.2) is 24.3 Å². The number of nitrogens with two attached hydrogens (primary N) is 1. The van der Waals surface area contributed by atoms with Crippen molar-refractivity contribution in [1.82, 2.24) is 5.32 Å². The molecule has 0 aliphatic heterocycles. The fourth-order valence-electron chi connectivity index (χ4n) is 1.68. The molecule has 1 aromatic carbocycles. The van der Waals surface area contributed by atoms with Gasteiger partial charge in [0.2, 0.25) is 0 Å². The van der Waals surface area contributed by atoms with Crippen LogP contribution in [0.5, 0.6) is 0 Å². The summed E-state index contributed by atoms with van der Waals surface area (Å²) < 4.78 is 0. The van der Waals surface area contributed by atoms with Gasteiger partial charge in [-0.05, 0) is 31.0 Å². The minimum atomic E-state index is -0.0746. The molecule has 1 amide bonds. The second-order valence-corrected chi connectivity index (χ2v) is 4.35. The highest BCUT2D eigenvalue weighted by molar-refractivity contribution is 6.30. The zero-order valence-electron chi connectivity index (χ0n) is 8.24. The number of nitrogens with one attached hydrogen (secondary N) is 1. The van der Waals surface area contributed by atoms with E-state index < -0.39 is 0 Å². The normalized spacial score (nSPS) is 24.4. The Morgan fingerprint density at radius 2 is 2.20 bits per heavy atom. The molecule has 2 rings (SSSR count). The number of carbonyl (C=O) groups is 1. The lowest BCUT2D eigenvalue weighted by Gasteiger charge is -2.32. The lowest BCUT2D eigenvalue weighted by atomic mass is 9.87. The molecule has 80 valence electrons. The third kappa shape index (κ3) is 2.49. The maximum Gasteiger partial charge on any atom is 0.251 e. The molecule has 0 radical (unpaired) electrons. The van der Waals surface area contributed by atoms with Gasteiger partial charge in [-0.1, -0.05) is 17.7 Å². The smallest absolute Gasteiger partial charge is 0.251 e. The fourth-order valence-corrected chi connectivity index (χ4v) is 1.87. The second kappa shape index (κ2) is 4.21. The van der Waals surface area contributed by atoms with Crippen molar-refractivity contribution >= 4 is 17.5 Å². The van der Waals surface area contributed by atoms with Gasteiger partial charge >= 0.3 is 0 Å². The van der Waals surface area contributed by atoms with Gasteiger partial charge in [-0.15, -0.1) is 0 Å². The zero-order valence-corrected chi connectivity index (χ0v) is 9.00. The lowest BCUT2D eigenvalue weighted by Crippen LogP contribution is -2.50. The molecule has 0 spiro atoms. The maximum atomic E-state index is 11.7. The minimum Gasteiger partial charge on any atom is -0.349 e. The van der Waals surface area contributed by atoms with Crippen molar-refractivity contribution in [3.63, 3.8) is 0 Å². The van der Waals surface area contributed by atoms with Gasteiger partial charge in [-0.3, -0.25) is 4.79 Å². The molecular weight excluding hydrogens is 212 g/mol. The monoisotopic (exact) mass is 224 g/mol. The Hall–Kier alpha value is -1.06. The number of hydrogen-bond donors (Lipinski definition) is 2. The van der Waals surface area contributed by atoms with E-state index in [0.717, 1.165) is 12.8 Å². The highest BCUT2D eigenvalue weighted by Crippen LogP contribution is 2.18. The molecule has 4 heteroatoms. The minimum absolute atomic E-state index is 0.0746. The van der Waals surface area contributed by atoms with Crippen molar-refractivity contribution in [3.05, 3.63) is 34.9 Å². The predicted molar refractivity (Wildman–Crippen MR) is 59.9 cm³/mol. The van der Waals surface area contributed by atoms with E-state index in [0.29, 0.717) is 10.6 Å². The quantitative estimate of drug-likeness (QED) is 0.801. The van der Waals surface area contributed by atoms with Crippen molar-refractivity contribution in [3.8, 4) is 0 Å². The Kier molecular flexibility index (Phi) is 2.93. The molecule has 1 fully saturated rings. The third-order valence-corrected chi connectivity index (χ3v) is 2.83. The first kappa shape index (κ1) is 10.5. The van der Waals surface area contributed by atoms with Gasteiger partial charge in [0.25, 0.3) is 5.91 Å². The van der Waals surface area contributed by atoms with Gasteiger partial charge in [-0.25, -0.2) is 0 Å². The average Bonchev–Trinajstić information content (AvgIpc) is 2.15. The zero-order chi connectivity index (χ0) is 10.8. The molecule has 0 heterocycles. The van der Waals surface area contributed by atoms with E-state index in [1.54, 1.807) is 24.3 Å². The van der Waals surface area contributed by atoms with Crippen LogP contribution in [-0.4, -0.2) is 18.0 Å². The summed E-state index contributed by atoms with van der Waals surface area (Å²) in [5, 5.41) is 3.49. The topological polar surface area (TPSA) is 55.1 Å². The molecule has 1 aliphatic carbocycles. The van der Waals surface area contributed by atoms with Crippen LogP contribution >= 0.6 is 11.6 Å².